The van der Waals surface area contributed by atoms with Crippen LogP contribution < -0.4 is 5.32 Å². The number of hydrogen-bond acceptors (Lipinski definition) is 5. The summed E-state index contributed by atoms with van der Waals surface area (Å²) in [6.07, 6.45) is 1.09. The fraction of sp³-hybridized carbons (Fsp3) is 0.387. The van der Waals surface area contributed by atoms with Gasteiger partial charge in [-0.15, -0.1) is 0 Å². The molecule has 2 heterocycles. The number of benzene rings is 3. The third-order valence-electron chi connectivity index (χ3n) is 7.77. The van der Waals surface area contributed by atoms with Crippen LogP contribution in [0.1, 0.15) is 45.1 Å². The summed E-state index contributed by atoms with van der Waals surface area (Å²) in [4.78, 5) is 17.5. The van der Waals surface area contributed by atoms with Crippen LogP contribution in [0.3, 0.4) is 0 Å². The number of carbonyl (C=O) groups excluding carboxylic acids is 1. The van der Waals surface area contributed by atoms with Crippen molar-refractivity contribution in [1.82, 2.24) is 19.4 Å². The van der Waals surface area contributed by atoms with E-state index in [4.69, 9.17) is 0 Å². The fourth-order valence-electron chi connectivity index (χ4n) is 5.44. The number of piperazine rings is 1. The van der Waals surface area contributed by atoms with Crippen LogP contribution in [0.15, 0.2) is 72.8 Å². The van der Waals surface area contributed by atoms with Crippen LogP contribution in [0.4, 0.5) is 0 Å². The van der Waals surface area contributed by atoms with Crippen molar-refractivity contribution in [2.45, 2.75) is 39.5 Å². The molecule has 0 aliphatic carbocycles. The number of hydrogen-bond donors (Lipinski definition) is 1. The minimum atomic E-state index is -3.12. The summed E-state index contributed by atoms with van der Waals surface area (Å²) in [5.41, 5.74) is 6.99. The maximum Gasteiger partial charge on any atom is 0.251 e. The van der Waals surface area contributed by atoms with Gasteiger partial charge in [-0.2, -0.15) is 4.31 Å². The van der Waals surface area contributed by atoms with E-state index >= 15 is 0 Å². The number of carbonyl (C=O) groups is 1. The maximum atomic E-state index is 12.8. The van der Waals surface area contributed by atoms with Crippen molar-refractivity contribution in [2.24, 2.45) is 0 Å². The Hall–Kier alpha value is -3.04. The highest BCUT2D eigenvalue weighted by molar-refractivity contribution is 7.89. The molecule has 8 heteroatoms. The lowest BCUT2D eigenvalue weighted by atomic mass is 9.99. The summed E-state index contributed by atoms with van der Waals surface area (Å²) >= 11 is 0. The Morgan fingerprint density at radius 1 is 0.769 bits per heavy atom. The molecule has 1 amide bonds. The predicted molar refractivity (Wildman–Crippen MR) is 155 cm³/mol. The van der Waals surface area contributed by atoms with E-state index < -0.39 is 10.0 Å². The van der Waals surface area contributed by atoms with Crippen molar-refractivity contribution >= 4 is 15.9 Å². The first kappa shape index (κ1) is 27.5. The third-order valence-corrected chi connectivity index (χ3v) is 9.65. The molecule has 1 fully saturated rings. The third kappa shape index (κ3) is 7.13. The van der Waals surface area contributed by atoms with E-state index in [1.54, 1.807) is 11.2 Å². The van der Waals surface area contributed by atoms with Crippen LogP contribution in [-0.4, -0.2) is 66.9 Å². The summed E-state index contributed by atoms with van der Waals surface area (Å²) < 4.78 is 25.7. The molecule has 0 unspecified atom stereocenters. The van der Waals surface area contributed by atoms with E-state index in [9.17, 15) is 13.2 Å². The second kappa shape index (κ2) is 12.4. The molecule has 3 aromatic carbocycles. The zero-order valence-corrected chi connectivity index (χ0v) is 23.5. The number of rotatable bonds is 9. The topological polar surface area (TPSA) is 73.0 Å². The zero-order chi connectivity index (χ0) is 27.2. The van der Waals surface area contributed by atoms with Gasteiger partial charge in [-0.1, -0.05) is 60.7 Å². The first-order valence-electron chi connectivity index (χ1n) is 13.8. The Bertz CT molecular complexity index is 1380. The summed E-state index contributed by atoms with van der Waals surface area (Å²) in [5.74, 6) is 0.0636. The van der Waals surface area contributed by atoms with E-state index in [0.29, 0.717) is 38.3 Å². The highest BCUT2D eigenvalue weighted by atomic mass is 32.2. The van der Waals surface area contributed by atoms with E-state index in [2.05, 4.69) is 63.6 Å². The van der Waals surface area contributed by atoms with Crippen LogP contribution in [0.25, 0.3) is 0 Å². The molecule has 1 N–H and O–H groups in total. The standard InChI is InChI=1S/C31H38N4O3S/c1-2-39(37,38)35-18-16-33(17-19-35)22-25-10-12-29(13-11-25)31(36)32-21-26-6-5-7-27(20-26)23-34-15-14-28-8-3-4-9-30(28)24-34/h3-13,20H,2,14-19,21-24H2,1H3,(H,32,36). The van der Waals surface area contributed by atoms with Gasteiger partial charge >= 0.3 is 0 Å². The summed E-state index contributed by atoms with van der Waals surface area (Å²) in [6.45, 7) is 8.35. The van der Waals surface area contributed by atoms with Gasteiger partial charge in [0, 0.05) is 64.5 Å². The highest BCUT2D eigenvalue weighted by Crippen LogP contribution is 2.20. The van der Waals surface area contributed by atoms with Gasteiger partial charge in [0.05, 0.1) is 5.75 Å². The molecule has 2 aliphatic rings. The van der Waals surface area contributed by atoms with Crippen molar-refractivity contribution in [1.29, 1.82) is 0 Å². The number of fused-ring (bicyclic) bond motifs is 1. The zero-order valence-electron chi connectivity index (χ0n) is 22.7. The number of amides is 1. The second-order valence-corrected chi connectivity index (χ2v) is 12.8. The van der Waals surface area contributed by atoms with Gasteiger partial charge in [-0.25, -0.2) is 8.42 Å². The van der Waals surface area contributed by atoms with Crippen LogP contribution in [0.5, 0.6) is 0 Å². The van der Waals surface area contributed by atoms with Gasteiger partial charge in [0.2, 0.25) is 10.0 Å². The Balaban J connectivity index is 1.09. The quantitative estimate of drug-likeness (QED) is 0.444. The first-order valence-corrected chi connectivity index (χ1v) is 15.4. The van der Waals surface area contributed by atoms with Crippen molar-refractivity contribution in [3.63, 3.8) is 0 Å². The molecular formula is C31H38N4O3S. The normalized spacial score (nSPS) is 17.1. The van der Waals surface area contributed by atoms with Crippen LogP contribution in [-0.2, 0) is 42.6 Å². The number of nitrogens with one attached hydrogen (secondary N) is 1. The van der Waals surface area contributed by atoms with Gasteiger partial charge in [-0.3, -0.25) is 14.6 Å². The molecule has 39 heavy (non-hydrogen) atoms. The fourth-order valence-corrected chi connectivity index (χ4v) is 6.52. The minimum absolute atomic E-state index is 0.0852. The van der Waals surface area contributed by atoms with Crippen molar-refractivity contribution in [2.75, 3.05) is 38.5 Å². The van der Waals surface area contributed by atoms with Crippen molar-refractivity contribution in [3.05, 3.63) is 106 Å². The second-order valence-electron chi connectivity index (χ2n) is 10.5. The lowest BCUT2D eigenvalue weighted by molar-refractivity contribution is 0.0951. The Labute approximate surface area is 232 Å². The molecule has 0 radical (unpaired) electrons. The lowest BCUT2D eigenvalue weighted by Crippen LogP contribution is -2.48. The van der Waals surface area contributed by atoms with E-state index in [1.807, 2.05) is 24.3 Å². The lowest BCUT2D eigenvalue weighted by Gasteiger charge is -2.33. The van der Waals surface area contributed by atoms with Gasteiger partial charge < -0.3 is 5.32 Å². The highest BCUT2D eigenvalue weighted by Gasteiger charge is 2.25. The van der Waals surface area contributed by atoms with Crippen molar-refractivity contribution in [3.8, 4) is 0 Å². The van der Waals surface area contributed by atoms with Gasteiger partial charge in [0.15, 0.2) is 0 Å². The molecule has 7 nitrogen and oxygen atoms in total. The average Bonchev–Trinajstić information content (AvgIpc) is 2.97. The Morgan fingerprint density at radius 2 is 1.46 bits per heavy atom. The molecule has 3 aromatic rings. The van der Waals surface area contributed by atoms with Crippen LogP contribution in [0.2, 0.25) is 0 Å². The molecule has 1 saturated heterocycles. The molecule has 0 atom stereocenters. The Kier molecular flexibility index (Phi) is 8.77. The SMILES string of the molecule is CCS(=O)(=O)N1CCN(Cc2ccc(C(=O)NCc3cccc(CN4CCc5ccccc5C4)c3)cc2)CC1. The summed E-state index contributed by atoms with van der Waals surface area (Å²) in [7, 11) is -3.12. The van der Waals surface area contributed by atoms with Crippen LogP contribution in [0, 0.1) is 0 Å². The first-order chi connectivity index (χ1) is 18.9. The minimum Gasteiger partial charge on any atom is -0.348 e. The molecule has 5 rings (SSSR count). The van der Waals surface area contributed by atoms with E-state index in [1.165, 1.54) is 16.7 Å². The largest absolute Gasteiger partial charge is 0.348 e. The molecule has 0 spiro atoms. The molecule has 2 aliphatic heterocycles. The van der Waals surface area contributed by atoms with Crippen molar-refractivity contribution < 1.29 is 13.2 Å². The Morgan fingerprint density at radius 3 is 2.21 bits per heavy atom. The monoisotopic (exact) mass is 546 g/mol. The molecule has 206 valence electrons. The molecule has 0 bridgehead atoms. The van der Waals surface area contributed by atoms with E-state index in [-0.39, 0.29) is 11.7 Å². The molecular weight excluding hydrogens is 508 g/mol. The van der Waals surface area contributed by atoms with Gasteiger partial charge in [0.1, 0.15) is 0 Å². The average molecular weight is 547 g/mol. The van der Waals surface area contributed by atoms with E-state index in [0.717, 1.165) is 43.7 Å². The summed E-state index contributed by atoms with van der Waals surface area (Å²) in [5, 5.41) is 3.06. The van der Waals surface area contributed by atoms with Crippen LogP contribution >= 0.6 is 0 Å². The smallest absolute Gasteiger partial charge is 0.251 e. The van der Waals surface area contributed by atoms with Gasteiger partial charge in [0.25, 0.3) is 5.91 Å². The molecule has 0 aromatic heterocycles. The molecule has 0 saturated carbocycles. The predicted octanol–water partition coefficient (Wildman–Crippen LogP) is 3.64. The number of nitrogens with zero attached hydrogens (tertiary/aromatic N) is 3. The summed E-state index contributed by atoms with van der Waals surface area (Å²) in [6, 6.07) is 24.9. The van der Waals surface area contributed by atoms with Gasteiger partial charge in [-0.05, 0) is 53.3 Å². The number of sulfonamides is 1. The maximum absolute atomic E-state index is 12.8.